The van der Waals surface area contributed by atoms with Gasteiger partial charge in [-0.15, -0.1) is 0 Å². The minimum Gasteiger partial charge on any atom is -0.497 e. The fraction of sp³-hybridized carbons (Fsp3) is 0.250. The maximum atomic E-state index is 10.8. The van der Waals surface area contributed by atoms with Crippen molar-refractivity contribution in [2.75, 3.05) is 14.2 Å². The van der Waals surface area contributed by atoms with Crippen molar-refractivity contribution in [3.63, 3.8) is 0 Å². The molecule has 0 fully saturated rings. The topological polar surface area (TPSA) is 38.7 Å². The standard InChI is InChI=1S/C16H18O3/c1-16(17,12-8-10-13(18-2)11-9-12)14-6-4-5-7-15(14)19-3/h4-11,17H,1-3H3/t16-/m0/s1. The van der Waals surface area contributed by atoms with E-state index in [0.29, 0.717) is 5.75 Å². The molecular weight excluding hydrogens is 240 g/mol. The van der Waals surface area contributed by atoms with Crippen LogP contribution >= 0.6 is 0 Å². The van der Waals surface area contributed by atoms with Gasteiger partial charge < -0.3 is 14.6 Å². The van der Waals surface area contributed by atoms with E-state index in [1.807, 2.05) is 48.5 Å². The van der Waals surface area contributed by atoms with Gasteiger partial charge in [0.05, 0.1) is 14.2 Å². The molecule has 0 bridgehead atoms. The number of methoxy groups -OCH3 is 2. The molecule has 19 heavy (non-hydrogen) atoms. The molecule has 0 unspecified atom stereocenters. The van der Waals surface area contributed by atoms with Crippen LogP contribution in [-0.2, 0) is 5.60 Å². The van der Waals surface area contributed by atoms with E-state index in [4.69, 9.17) is 9.47 Å². The Bertz CT molecular complexity index is 544. The maximum Gasteiger partial charge on any atom is 0.125 e. The second kappa shape index (κ2) is 5.33. The molecule has 0 saturated carbocycles. The highest BCUT2D eigenvalue weighted by Crippen LogP contribution is 2.35. The summed E-state index contributed by atoms with van der Waals surface area (Å²) in [4.78, 5) is 0. The lowest BCUT2D eigenvalue weighted by Gasteiger charge is -2.26. The Balaban J connectivity index is 2.45. The molecule has 0 aliphatic carbocycles. The number of hydrogen-bond acceptors (Lipinski definition) is 3. The molecule has 2 aromatic carbocycles. The van der Waals surface area contributed by atoms with Crippen molar-refractivity contribution in [3.8, 4) is 11.5 Å². The first-order valence-corrected chi connectivity index (χ1v) is 6.10. The van der Waals surface area contributed by atoms with Gasteiger partial charge in [-0.05, 0) is 30.7 Å². The number of rotatable bonds is 4. The van der Waals surface area contributed by atoms with Gasteiger partial charge in [-0.1, -0.05) is 30.3 Å². The number of benzene rings is 2. The predicted octanol–water partition coefficient (Wildman–Crippen LogP) is 2.96. The molecule has 0 heterocycles. The van der Waals surface area contributed by atoms with E-state index in [-0.39, 0.29) is 0 Å². The molecule has 3 nitrogen and oxygen atoms in total. The molecule has 2 rings (SSSR count). The second-order valence-corrected chi connectivity index (χ2v) is 4.50. The molecule has 0 aliphatic heterocycles. The molecule has 100 valence electrons. The second-order valence-electron chi connectivity index (χ2n) is 4.50. The van der Waals surface area contributed by atoms with Crippen LogP contribution in [0.4, 0.5) is 0 Å². The zero-order valence-corrected chi connectivity index (χ0v) is 11.4. The van der Waals surface area contributed by atoms with E-state index >= 15 is 0 Å². The van der Waals surface area contributed by atoms with Crippen LogP contribution in [0.2, 0.25) is 0 Å². The lowest BCUT2D eigenvalue weighted by atomic mass is 9.87. The summed E-state index contributed by atoms with van der Waals surface area (Å²) in [6.07, 6.45) is 0. The lowest BCUT2D eigenvalue weighted by Crippen LogP contribution is -2.23. The van der Waals surface area contributed by atoms with E-state index in [9.17, 15) is 5.11 Å². The fourth-order valence-electron chi connectivity index (χ4n) is 2.12. The van der Waals surface area contributed by atoms with Crippen LogP contribution in [0, 0.1) is 0 Å². The van der Waals surface area contributed by atoms with E-state index in [1.165, 1.54) is 0 Å². The Hall–Kier alpha value is -2.00. The van der Waals surface area contributed by atoms with Gasteiger partial charge in [0, 0.05) is 5.56 Å². The van der Waals surface area contributed by atoms with E-state index < -0.39 is 5.60 Å². The average Bonchev–Trinajstić information content (AvgIpc) is 2.47. The monoisotopic (exact) mass is 258 g/mol. The number of para-hydroxylation sites is 1. The summed E-state index contributed by atoms with van der Waals surface area (Å²) in [5.74, 6) is 1.43. The SMILES string of the molecule is COc1ccc([C@](C)(O)c2ccccc2OC)cc1. The van der Waals surface area contributed by atoms with Crippen molar-refractivity contribution in [3.05, 3.63) is 59.7 Å². The van der Waals surface area contributed by atoms with Crippen LogP contribution in [-0.4, -0.2) is 19.3 Å². The van der Waals surface area contributed by atoms with Crippen LogP contribution < -0.4 is 9.47 Å². The van der Waals surface area contributed by atoms with Crippen molar-refractivity contribution in [2.45, 2.75) is 12.5 Å². The molecule has 1 N–H and O–H groups in total. The van der Waals surface area contributed by atoms with Gasteiger partial charge in [-0.25, -0.2) is 0 Å². The minimum atomic E-state index is -1.11. The quantitative estimate of drug-likeness (QED) is 0.916. The first-order valence-electron chi connectivity index (χ1n) is 6.10. The predicted molar refractivity (Wildman–Crippen MR) is 74.7 cm³/mol. The molecule has 0 amide bonds. The van der Waals surface area contributed by atoms with Crippen LogP contribution in [0.25, 0.3) is 0 Å². The molecular formula is C16H18O3. The Morgan fingerprint density at radius 3 is 2.11 bits per heavy atom. The molecule has 0 spiro atoms. The molecule has 3 heteroatoms. The Kier molecular flexibility index (Phi) is 3.76. The van der Waals surface area contributed by atoms with Crippen molar-refractivity contribution in [1.82, 2.24) is 0 Å². The van der Waals surface area contributed by atoms with Gasteiger partial charge in [-0.2, -0.15) is 0 Å². The third kappa shape index (κ3) is 2.56. The van der Waals surface area contributed by atoms with Gasteiger partial charge in [-0.3, -0.25) is 0 Å². The van der Waals surface area contributed by atoms with Crippen molar-refractivity contribution in [2.24, 2.45) is 0 Å². The van der Waals surface area contributed by atoms with Gasteiger partial charge >= 0.3 is 0 Å². The summed E-state index contributed by atoms with van der Waals surface area (Å²) in [5.41, 5.74) is 0.416. The average molecular weight is 258 g/mol. The number of aliphatic hydroxyl groups is 1. The van der Waals surface area contributed by atoms with Crippen LogP contribution in [0.15, 0.2) is 48.5 Å². The van der Waals surface area contributed by atoms with Gasteiger partial charge in [0.1, 0.15) is 17.1 Å². The zero-order valence-electron chi connectivity index (χ0n) is 11.4. The first kappa shape index (κ1) is 13.4. The van der Waals surface area contributed by atoms with Crippen LogP contribution in [0.1, 0.15) is 18.1 Å². The fourth-order valence-corrected chi connectivity index (χ4v) is 2.12. The van der Waals surface area contributed by atoms with Gasteiger partial charge in [0.15, 0.2) is 0 Å². The summed E-state index contributed by atoms with van der Waals surface area (Å²) >= 11 is 0. The summed E-state index contributed by atoms with van der Waals surface area (Å²) in [6.45, 7) is 1.76. The molecule has 0 aliphatic rings. The number of hydrogen-bond donors (Lipinski definition) is 1. The first-order chi connectivity index (χ1) is 9.09. The minimum absolute atomic E-state index is 0.670. The Morgan fingerprint density at radius 1 is 0.895 bits per heavy atom. The van der Waals surface area contributed by atoms with E-state index in [0.717, 1.165) is 16.9 Å². The summed E-state index contributed by atoms with van der Waals surface area (Å²) in [6, 6.07) is 14.8. The largest absolute Gasteiger partial charge is 0.497 e. The van der Waals surface area contributed by atoms with Crippen molar-refractivity contribution < 1.29 is 14.6 Å². The van der Waals surface area contributed by atoms with Gasteiger partial charge in [0.2, 0.25) is 0 Å². The van der Waals surface area contributed by atoms with Crippen molar-refractivity contribution in [1.29, 1.82) is 0 Å². The van der Waals surface area contributed by atoms with Crippen LogP contribution in [0.3, 0.4) is 0 Å². The normalized spacial score (nSPS) is 13.7. The maximum absolute atomic E-state index is 10.8. The lowest BCUT2D eigenvalue weighted by molar-refractivity contribution is 0.0989. The number of ether oxygens (including phenoxy) is 2. The summed E-state index contributed by atoms with van der Waals surface area (Å²) in [7, 11) is 3.22. The Morgan fingerprint density at radius 2 is 1.53 bits per heavy atom. The summed E-state index contributed by atoms with van der Waals surface area (Å²) < 4.78 is 10.4. The molecule has 0 radical (unpaired) electrons. The highest BCUT2D eigenvalue weighted by atomic mass is 16.5. The van der Waals surface area contributed by atoms with Crippen LogP contribution in [0.5, 0.6) is 11.5 Å². The highest BCUT2D eigenvalue weighted by Gasteiger charge is 2.28. The van der Waals surface area contributed by atoms with Crippen molar-refractivity contribution >= 4 is 0 Å². The third-order valence-electron chi connectivity index (χ3n) is 3.28. The van der Waals surface area contributed by atoms with E-state index in [1.54, 1.807) is 21.1 Å². The molecule has 2 aromatic rings. The third-order valence-corrected chi connectivity index (χ3v) is 3.28. The molecule has 1 atom stereocenters. The van der Waals surface area contributed by atoms with Gasteiger partial charge in [0.25, 0.3) is 0 Å². The zero-order chi connectivity index (χ0) is 13.9. The summed E-state index contributed by atoms with van der Waals surface area (Å²) in [5, 5.41) is 10.8. The van der Waals surface area contributed by atoms with E-state index in [2.05, 4.69) is 0 Å². The highest BCUT2D eigenvalue weighted by molar-refractivity contribution is 5.45. The Labute approximate surface area is 113 Å². The molecule has 0 aromatic heterocycles. The smallest absolute Gasteiger partial charge is 0.125 e. The molecule has 0 saturated heterocycles.